The summed E-state index contributed by atoms with van der Waals surface area (Å²) >= 11 is 0. The fraction of sp³-hybridized carbons (Fsp3) is 0.440. The minimum atomic E-state index is -3.33. The van der Waals surface area contributed by atoms with E-state index in [2.05, 4.69) is 10.6 Å². The summed E-state index contributed by atoms with van der Waals surface area (Å²) in [6.45, 7) is 3.98. The molecule has 1 fully saturated rings. The Labute approximate surface area is 201 Å². The largest absolute Gasteiger partial charge is 0.493 e. The lowest BCUT2D eigenvalue weighted by Crippen LogP contribution is -2.28. The molecule has 0 saturated heterocycles. The van der Waals surface area contributed by atoms with Gasteiger partial charge in [-0.2, -0.15) is 0 Å². The predicted octanol–water partition coefficient (Wildman–Crippen LogP) is 3.52. The fourth-order valence-corrected chi connectivity index (χ4v) is 4.75. The zero-order valence-electron chi connectivity index (χ0n) is 20.0. The van der Waals surface area contributed by atoms with Gasteiger partial charge >= 0.3 is 0 Å². The summed E-state index contributed by atoms with van der Waals surface area (Å²) in [5.74, 6) is 0.697. The third-order valence-corrected chi connectivity index (χ3v) is 6.55. The van der Waals surface area contributed by atoms with Crippen molar-refractivity contribution in [2.75, 3.05) is 31.0 Å². The minimum absolute atomic E-state index is 0.00957. The smallest absolute Gasteiger partial charge is 0.227 e. The highest BCUT2D eigenvalue weighted by Crippen LogP contribution is 2.33. The average Bonchev–Trinajstić information content (AvgIpc) is 3.61. The van der Waals surface area contributed by atoms with Gasteiger partial charge in [0.15, 0.2) is 17.3 Å². The van der Waals surface area contributed by atoms with Crippen molar-refractivity contribution in [1.82, 2.24) is 5.32 Å². The van der Waals surface area contributed by atoms with Crippen molar-refractivity contribution >= 4 is 27.2 Å². The second kappa shape index (κ2) is 11.0. The van der Waals surface area contributed by atoms with E-state index in [1.165, 1.54) is 13.2 Å². The quantitative estimate of drug-likeness (QED) is 0.440. The zero-order chi connectivity index (χ0) is 24.9. The lowest BCUT2D eigenvalue weighted by atomic mass is 10.0. The molecule has 0 spiro atoms. The average molecular weight is 489 g/mol. The van der Waals surface area contributed by atoms with E-state index in [0.29, 0.717) is 34.9 Å². The number of anilines is 1. The maximum Gasteiger partial charge on any atom is 0.227 e. The number of methoxy groups -OCH3 is 1. The van der Waals surface area contributed by atoms with Crippen LogP contribution in [-0.4, -0.2) is 45.8 Å². The van der Waals surface area contributed by atoms with Crippen LogP contribution in [0.5, 0.6) is 11.5 Å². The van der Waals surface area contributed by atoms with Gasteiger partial charge in [0.2, 0.25) is 5.91 Å². The third-order valence-electron chi connectivity index (χ3n) is 5.61. The number of Topliss-reactive ketones (excluding diaryl/α,β-unsaturated/α-hetero) is 1. The lowest BCUT2D eigenvalue weighted by Gasteiger charge is -2.21. The summed E-state index contributed by atoms with van der Waals surface area (Å²) in [7, 11) is -1.78. The normalized spacial score (nSPS) is 14.4. The van der Waals surface area contributed by atoms with E-state index >= 15 is 0 Å². The Kier molecular flexibility index (Phi) is 8.33. The molecule has 2 aromatic rings. The van der Waals surface area contributed by atoms with Gasteiger partial charge in [-0.1, -0.05) is 18.2 Å². The number of carbonyl (C=O) groups is 2. The fourth-order valence-electron chi connectivity index (χ4n) is 3.83. The molecule has 1 saturated carbocycles. The molecule has 184 valence electrons. The van der Waals surface area contributed by atoms with Crippen molar-refractivity contribution in [3.05, 3.63) is 53.1 Å². The van der Waals surface area contributed by atoms with Gasteiger partial charge < -0.3 is 20.1 Å². The first-order valence-corrected chi connectivity index (χ1v) is 13.3. The molecule has 0 heterocycles. The minimum Gasteiger partial charge on any atom is -0.493 e. The predicted molar refractivity (Wildman–Crippen MR) is 131 cm³/mol. The second-order valence-corrected chi connectivity index (χ2v) is 10.7. The van der Waals surface area contributed by atoms with Gasteiger partial charge in [-0.25, -0.2) is 8.42 Å². The monoisotopic (exact) mass is 488 g/mol. The van der Waals surface area contributed by atoms with E-state index in [9.17, 15) is 18.0 Å². The third kappa shape index (κ3) is 6.80. The van der Waals surface area contributed by atoms with Crippen molar-refractivity contribution in [3.63, 3.8) is 0 Å². The number of ether oxygens (including phenoxy) is 2. The van der Waals surface area contributed by atoms with Crippen LogP contribution < -0.4 is 20.1 Å². The summed E-state index contributed by atoms with van der Waals surface area (Å²) in [5.41, 5.74) is 2.30. The lowest BCUT2D eigenvalue weighted by molar-refractivity contribution is -0.117. The molecule has 0 bridgehead atoms. The van der Waals surface area contributed by atoms with E-state index in [0.717, 1.165) is 18.4 Å². The number of benzene rings is 2. The van der Waals surface area contributed by atoms with Crippen LogP contribution in [-0.2, 0) is 21.2 Å². The number of amides is 1. The molecule has 1 aliphatic carbocycles. The molecular formula is C25H32N2O6S. The van der Waals surface area contributed by atoms with Crippen molar-refractivity contribution in [2.24, 2.45) is 5.92 Å². The summed E-state index contributed by atoms with van der Waals surface area (Å²) < 4.78 is 35.4. The van der Waals surface area contributed by atoms with Gasteiger partial charge in [0.1, 0.15) is 9.84 Å². The van der Waals surface area contributed by atoms with Crippen LogP contribution in [0.25, 0.3) is 0 Å². The van der Waals surface area contributed by atoms with Crippen molar-refractivity contribution in [3.8, 4) is 11.5 Å². The second-order valence-electron chi connectivity index (χ2n) is 8.53. The summed E-state index contributed by atoms with van der Waals surface area (Å²) in [6, 6.07) is 10.0. The highest BCUT2D eigenvalue weighted by molar-refractivity contribution is 7.90. The van der Waals surface area contributed by atoms with Crippen LogP contribution >= 0.6 is 0 Å². The first-order chi connectivity index (χ1) is 16.1. The Hall–Kier alpha value is -2.91. The number of carbonyl (C=O) groups excluding carboxylic acids is 2. The van der Waals surface area contributed by atoms with Crippen LogP contribution in [0.15, 0.2) is 36.4 Å². The van der Waals surface area contributed by atoms with E-state index in [1.807, 2.05) is 6.92 Å². The molecule has 1 amide bonds. The van der Waals surface area contributed by atoms with E-state index in [4.69, 9.17) is 9.47 Å². The number of rotatable bonds is 12. The molecule has 9 heteroatoms. The van der Waals surface area contributed by atoms with Gasteiger partial charge in [-0.3, -0.25) is 9.59 Å². The van der Waals surface area contributed by atoms with Crippen molar-refractivity contribution < 1.29 is 27.5 Å². The van der Waals surface area contributed by atoms with Gasteiger partial charge in [-0.15, -0.1) is 0 Å². The Morgan fingerprint density at radius 3 is 2.47 bits per heavy atom. The molecule has 0 radical (unpaired) electrons. The molecule has 2 N–H and O–H groups in total. The van der Waals surface area contributed by atoms with Crippen molar-refractivity contribution in [2.45, 2.75) is 39.3 Å². The molecule has 0 unspecified atom stereocenters. The molecule has 2 aromatic carbocycles. The Balaban J connectivity index is 1.89. The van der Waals surface area contributed by atoms with Gasteiger partial charge in [0.25, 0.3) is 0 Å². The first-order valence-electron chi connectivity index (χ1n) is 11.3. The van der Waals surface area contributed by atoms with Gasteiger partial charge in [0, 0.05) is 30.3 Å². The topological polar surface area (TPSA) is 111 Å². The summed E-state index contributed by atoms with van der Waals surface area (Å²) in [5, 5.41) is 6.16. The van der Waals surface area contributed by atoms with Crippen LogP contribution in [0.4, 0.5) is 5.69 Å². The highest BCUT2D eigenvalue weighted by atomic mass is 32.2. The van der Waals surface area contributed by atoms with Gasteiger partial charge in [-0.05, 0) is 56.0 Å². The Bertz CT molecular complexity index is 1160. The molecule has 34 heavy (non-hydrogen) atoms. The van der Waals surface area contributed by atoms with E-state index < -0.39 is 15.9 Å². The number of ketones is 1. The van der Waals surface area contributed by atoms with Crippen LogP contribution in [0, 0.1) is 5.92 Å². The molecule has 1 aliphatic rings. The first kappa shape index (κ1) is 25.7. The molecular weight excluding hydrogens is 456 g/mol. The SMILES string of the molecule is CCOc1cc([C@@H](CS(C)(=O)=O)NCc2cccc(NC(=O)C3CC3)c2C(C)=O)ccc1OC. The highest BCUT2D eigenvalue weighted by Gasteiger charge is 2.30. The Morgan fingerprint density at radius 1 is 1.15 bits per heavy atom. The standard InChI is InChI=1S/C25H32N2O6S/c1-5-33-23-13-18(11-12-22(23)32-3)21(15-34(4,30)31)26-14-19-7-6-8-20(24(19)16(2)28)27-25(29)17-9-10-17/h6-8,11-13,17,21,26H,5,9-10,14-15H2,1-4H3,(H,27,29)/t21-/m1/s1. The maximum atomic E-state index is 12.5. The van der Waals surface area contributed by atoms with Gasteiger partial charge in [0.05, 0.1) is 25.2 Å². The molecule has 8 nitrogen and oxygen atoms in total. The Morgan fingerprint density at radius 2 is 1.88 bits per heavy atom. The number of sulfone groups is 1. The van der Waals surface area contributed by atoms with Crippen LogP contribution in [0.2, 0.25) is 0 Å². The van der Waals surface area contributed by atoms with Crippen LogP contribution in [0.3, 0.4) is 0 Å². The van der Waals surface area contributed by atoms with Crippen LogP contribution in [0.1, 0.15) is 54.2 Å². The molecule has 0 aromatic heterocycles. The number of hydrogen-bond donors (Lipinski definition) is 2. The summed E-state index contributed by atoms with van der Waals surface area (Å²) in [4.78, 5) is 24.8. The molecule has 1 atom stereocenters. The summed E-state index contributed by atoms with van der Waals surface area (Å²) in [6.07, 6.45) is 2.91. The zero-order valence-corrected chi connectivity index (χ0v) is 20.8. The number of nitrogens with one attached hydrogen (secondary N) is 2. The maximum absolute atomic E-state index is 12.5. The molecule has 0 aliphatic heterocycles. The van der Waals surface area contributed by atoms with Crippen molar-refractivity contribution in [1.29, 1.82) is 0 Å². The number of hydrogen-bond acceptors (Lipinski definition) is 7. The van der Waals surface area contributed by atoms with E-state index in [1.54, 1.807) is 43.5 Å². The van der Waals surface area contributed by atoms with E-state index in [-0.39, 0.29) is 29.9 Å². The molecule has 3 rings (SSSR count).